The first-order valence-electron chi connectivity index (χ1n) is 12.0. The number of nitrogens with zero attached hydrogens (tertiary/aromatic N) is 3. The van der Waals surface area contributed by atoms with Crippen LogP contribution in [-0.4, -0.2) is 27.1 Å². The average Bonchev–Trinajstić information content (AvgIpc) is 3.35. The summed E-state index contributed by atoms with van der Waals surface area (Å²) < 4.78 is 9.27. The first-order valence-corrected chi connectivity index (χ1v) is 13.2. The van der Waals surface area contributed by atoms with Gasteiger partial charge in [-0.05, 0) is 50.6 Å². The first-order chi connectivity index (χ1) is 18.1. The van der Waals surface area contributed by atoms with Crippen molar-refractivity contribution in [3.63, 3.8) is 0 Å². The molecule has 0 spiro atoms. The van der Waals surface area contributed by atoms with Crippen LogP contribution in [0.1, 0.15) is 37.9 Å². The molecule has 5 rings (SSSR count). The summed E-state index contributed by atoms with van der Waals surface area (Å²) in [7, 11) is 0. The number of benzene rings is 2. The summed E-state index contributed by atoms with van der Waals surface area (Å²) in [4.78, 5) is 43.8. The summed E-state index contributed by atoms with van der Waals surface area (Å²) in [5.74, 6) is -0.985. The molecule has 4 aromatic rings. The van der Waals surface area contributed by atoms with Crippen LogP contribution in [0.2, 0.25) is 5.02 Å². The van der Waals surface area contributed by atoms with Gasteiger partial charge in [0.25, 0.3) is 5.56 Å². The third-order valence-electron chi connectivity index (χ3n) is 6.20. The lowest BCUT2D eigenvalue weighted by Gasteiger charge is -2.25. The highest BCUT2D eigenvalue weighted by Gasteiger charge is 2.33. The van der Waals surface area contributed by atoms with Gasteiger partial charge in [-0.1, -0.05) is 53.3 Å². The minimum atomic E-state index is -0.729. The number of allylic oxidation sites excluding steroid dienone is 1. The number of carbonyl (C=O) groups excluding carboxylic acids is 2. The number of aromatic nitrogens is 2. The van der Waals surface area contributed by atoms with Gasteiger partial charge >= 0.3 is 5.97 Å². The summed E-state index contributed by atoms with van der Waals surface area (Å²) in [6, 6.07) is 13.9. The number of rotatable bonds is 6. The Bertz CT molecular complexity index is 1790. The molecule has 8 nitrogen and oxygen atoms in total. The molecule has 1 atom stereocenters. The lowest BCUT2D eigenvalue weighted by molar-refractivity contribution is -0.143. The normalized spacial score (nSPS) is 15.6. The van der Waals surface area contributed by atoms with Crippen LogP contribution >= 0.6 is 22.9 Å². The molecule has 2 aromatic heterocycles. The number of thiazole rings is 1. The Morgan fingerprint density at radius 2 is 1.89 bits per heavy atom. The van der Waals surface area contributed by atoms with Crippen molar-refractivity contribution in [1.29, 1.82) is 0 Å². The Kier molecular flexibility index (Phi) is 6.81. The van der Waals surface area contributed by atoms with E-state index in [1.165, 1.54) is 15.9 Å². The predicted octanol–water partition coefficient (Wildman–Crippen LogP) is 3.28. The molecule has 0 bridgehead atoms. The van der Waals surface area contributed by atoms with E-state index < -0.39 is 17.9 Å². The zero-order valence-corrected chi connectivity index (χ0v) is 22.5. The Balaban J connectivity index is 1.72. The maximum Gasteiger partial charge on any atom is 0.338 e. The van der Waals surface area contributed by atoms with Gasteiger partial charge in [0.1, 0.15) is 6.54 Å². The molecule has 10 heteroatoms. The highest BCUT2D eigenvalue weighted by molar-refractivity contribution is 7.07. The van der Waals surface area contributed by atoms with Crippen LogP contribution in [0.25, 0.3) is 17.0 Å². The Morgan fingerprint density at radius 1 is 1.18 bits per heavy atom. The highest BCUT2D eigenvalue weighted by atomic mass is 35.5. The van der Waals surface area contributed by atoms with E-state index in [0.29, 0.717) is 31.2 Å². The number of hydrogen-bond donors (Lipinski definition) is 1. The van der Waals surface area contributed by atoms with Crippen LogP contribution in [0.4, 0.5) is 0 Å². The van der Waals surface area contributed by atoms with E-state index >= 15 is 0 Å². The SMILES string of the molecule is CC1=C(C(=O)OC(C)C)C(c2ccc(Cl)cc2)n2c(sc(=Cc3cn(CC(N)=O)c4ccccc34)c2=O)=N1. The molecule has 1 amide bonds. The lowest BCUT2D eigenvalue weighted by atomic mass is 9.96. The molecule has 0 aliphatic carbocycles. The second kappa shape index (κ2) is 10.1. The molecular weight excluding hydrogens is 524 g/mol. The molecule has 3 heterocycles. The minimum Gasteiger partial charge on any atom is -0.459 e. The quantitative estimate of drug-likeness (QED) is 0.373. The molecule has 0 fully saturated rings. The van der Waals surface area contributed by atoms with E-state index in [2.05, 4.69) is 4.99 Å². The van der Waals surface area contributed by atoms with Crippen molar-refractivity contribution >= 4 is 51.8 Å². The molecule has 0 saturated carbocycles. The van der Waals surface area contributed by atoms with Crippen LogP contribution < -0.4 is 20.6 Å². The Morgan fingerprint density at radius 3 is 2.58 bits per heavy atom. The Labute approximate surface area is 226 Å². The number of halogens is 1. The third kappa shape index (κ3) is 4.70. The number of esters is 1. The summed E-state index contributed by atoms with van der Waals surface area (Å²) >= 11 is 7.37. The molecule has 0 saturated heterocycles. The molecule has 38 heavy (non-hydrogen) atoms. The van der Waals surface area contributed by atoms with Crippen LogP contribution in [0.3, 0.4) is 0 Å². The second-order valence-corrected chi connectivity index (χ2v) is 10.7. The number of carbonyl (C=O) groups is 2. The van der Waals surface area contributed by atoms with Crippen molar-refractivity contribution in [2.75, 3.05) is 0 Å². The van der Waals surface area contributed by atoms with Crippen molar-refractivity contribution in [2.45, 2.75) is 39.5 Å². The topological polar surface area (TPSA) is 109 Å². The van der Waals surface area contributed by atoms with Gasteiger partial charge in [0.2, 0.25) is 5.91 Å². The summed E-state index contributed by atoms with van der Waals surface area (Å²) in [5, 5.41) is 1.42. The van der Waals surface area contributed by atoms with E-state index in [1.807, 2.05) is 24.3 Å². The second-order valence-electron chi connectivity index (χ2n) is 9.28. The van der Waals surface area contributed by atoms with Gasteiger partial charge in [-0.25, -0.2) is 9.79 Å². The van der Waals surface area contributed by atoms with E-state index in [9.17, 15) is 14.4 Å². The standard InChI is InChI=1S/C28H25ClN4O4S/c1-15(2)37-27(36)24-16(3)31-28-33(25(24)17-8-10-19(29)11-9-17)26(35)22(38-28)12-18-13-32(14-23(30)34)21-7-5-4-6-20(18)21/h4-13,15,25H,14H2,1-3H3,(H2,30,34). The van der Waals surface area contributed by atoms with Gasteiger partial charge in [0, 0.05) is 27.7 Å². The number of primary amides is 1. The van der Waals surface area contributed by atoms with Crippen molar-refractivity contribution in [3.8, 4) is 0 Å². The van der Waals surface area contributed by atoms with E-state index in [1.54, 1.807) is 61.9 Å². The Hall–Kier alpha value is -3.95. The van der Waals surface area contributed by atoms with Gasteiger partial charge in [-0.3, -0.25) is 14.2 Å². The van der Waals surface area contributed by atoms with Gasteiger partial charge < -0.3 is 15.0 Å². The molecule has 1 aliphatic rings. The number of amides is 1. The molecule has 2 aromatic carbocycles. The fraction of sp³-hybridized carbons (Fsp3) is 0.214. The van der Waals surface area contributed by atoms with E-state index in [4.69, 9.17) is 22.1 Å². The summed E-state index contributed by atoms with van der Waals surface area (Å²) in [6.45, 7) is 5.31. The molecular formula is C28H25ClN4O4S. The maximum absolute atomic E-state index is 13.9. The zero-order chi connectivity index (χ0) is 27.1. The van der Waals surface area contributed by atoms with Crippen molar-refractivity contribution in [3.05, 3.63) is 102 Å². The minimum absolute atomic E-state index is 0.0205. The van der Waals surface area contributed by atoms with Crippen molar-refractivity contribution in [2.24, 2.45) is 10.7 Å². The van der Waals surface area contributed by atoms with Crippen LogP contribution in [0, 0.1) is 0 Å². The van der Waals surface area contributed by atoms with E-state index in [0.717, 1.165) is 16.5 Å². The summed E-state index contributed by atoms with van der Waals surface area (Å²) in [5.41, 5.74) is 8.26. The number of hydrogen-bond acceptors (Lipinski definition) is 6. The molecule has 0 radical (unpaired) electrons. The third-order valence-corrected chi connectivity index (χ3v) is 7.44. The monoisotopic (exact) mass is 548 g/mol. The molecule has 1 unspecified atom stereocenters. The first kappa shape index (κ1) is 25.7. The van der Waals surface area contributed by atoms with Crippen LogP contribution in [0.5, 0.6) is 0 Å². The average molecular weight is 549 g/mol. The van der Waals surface area contributed by atoms with Gasteiger partial charge in [-0.2, -0.15) is 0 Å². The number of fused-ring (bicyclic) bond motifs is 2. The smallest absolute Gasteiger partial charge is 0.338 e. The maximum atomic E-state index is 13.9. The molecule has 1 aliphatic heterocycles. The number of nitrogens with two attached hydrogens (primary N) is 1. The van der Waals surface area contributed by atoms with Crippen LogP contribution in [-0.2, 0) is 20.9 Å². The fourth-order valence-corrected chi connectivity index (χ4v) is 5.81. The zero-order valence-electron chi connectivity index (χ0n) is 21.0. The largest absolute Gasteiger partial charge is 0.459 e. The number of para-hydroxylation sites is 1. The highest BCUT2D eigenvalue weighted by Crippen LogP contribution is 2.31. The van der Waals surface area contributed by atoms with Crippen molar-refractivity contribution in [1.82, 2.24) is 9.13 Å². The lowest BCUT2D eigenvalue weighted by Crippen LogP contribution is -2.40. The fourth-order valence-electron chi connectivity index (χ4n) is 4.65. The van der Waals surface area contributed by atoms with E-state index in [-0.39, 0.29) is 18.2 Å². The molecule has 2 N–H and O–H groups in total. The number of ether oxygens (including phenoxy) is 1. The van der Waals surface area contributed by atoms with Gasteiger partial charge in [-0.15, -0.1) is 0 Å². The predicted molar refractivity (Wildman–Crippen MR) is 148 cm³/mol. The van der Waals surface area contributed by atoms with Gasteiger partial charge in [0.05, 0.1) is 27.9 Å². The van der Waals surface area contributed by atoms with Crippen molar-refractivity contribution < 1.29 is 14.3 Å². The summed E-state index contributed by atoms with van der Waals surface area (Å²) in [6.07, 6.45) is 3.26. The van der Waals surface area contributed by atoms with Crippen LogP contribution in [0.15, 0.2) is 75.8 Å². The van der Waals surface area contributed by atoms with Gasteiger partial charge in [0.15, 0.2) is 4.80 Å². The molecule has 194 valence electrons.